The van der Waals surface area contributed by atoms with E-state index in [2.05, 4.69) is 0 Å². The van der Waals surface area contributed by atoms with Gasteiger partial charge >= 0.3 is 0 Å². The largest absolute Gasteiger partial charge is 0.0776 e. The maximum absolute atomic E-state index is 2.00. The van der Waals surface area contributed by atoms with E-state index in [1.54, 1.807) is 0 Å². The minimum atomic E-state index is 0. The first kappa shape index (κ1) is 144. The molecule has 0 aromatic carbocycles. The van der Waals surface area contributed by atoms with Crippen LogP contribution in [0.2, 0.25) is 0 Å². The van der Waals surface area contributed by atoms with Crippen LogP contribution >= 0.6 is 0 Å². The van der Waals surface area contributed by atoms with E-state index in [-0.39, 0.29) is 44.6 Å². The van der Waals surface area contributed by atoms with Gasteiger partial charge in [0.25, 0.3) is 0 Å². The molecule has 0 unspecified atom stereocenters. The second kappa shape index (κ2) is 0. The SMILES string of the molecule is C.C.C.C.C.C.CC.CC.CC.CC.CC.CC. The molecule has 0 spiro atoms. The molecule has 0 aromatic heterocycles. The van der Waals surface area contributed by atoms with Crippen molar-refractivity contribution < 1.29 is 0 Å². The van der Waals surface area contributed by atoms with Gasteiger partial charge in [0.05, 0.1) is 0 Å². The Morgan fingerprint density at radius 2 is 0.167 bits per heavy atom. The minimum absolute atomic E-state index is 0. The molecule has 0 aliphatic carbocycles. The van der Waals surface area contributed by atoms with Crippen molar-refractivity contribution in [3.8, 4) is 0 Å². The lowest BCUT2D eigenvalue weighted by molar-refractivity contribution is 1.50. The quantitative estimate of drug-likeness (QED) is 0.413. The lowest BCUT2D eigenvalue weighted by atomic mass is 11.0. The van der Waals surface area contributed by atoms with Gasteiger partial charge < -0.3 is 0 Å². The van der Waals surface area contributed by atoms with Crippen molar-refractivity contribution in [2.75, 3.05) is 0 Å². The Kier molecular flexibility index (Phi) is 0. The normalized spacial score (nSPS) is 2.00. The second-order valence-electron chi connectivity index (χ2n) is 0. The zero-order valence-corrected chi connectivity index (χ0v) is 12.0. The highest BCUT2D eigenvalue weighted by molar-refractivity contribution is 3.51. The summed E-state index contributed by atoms with van der Waals surface area (Å²) in [6.45, 7) is 24.0. The Morgan fingerprint density at radius 1 is 0.167 bits per heavy atom. The molecule has 0 N–H and O–H groups in total. The van der Waals surface area contributed by atoms with Crippen LogP contribution < -0.4 is 0 Å². The first-order chi connectivity index (χ1) is 6.00. The van der Waals surface area contributed by atoms with Crippen molar-refractivity contribution in [1.82, 2.24) is 0 Å². The van der Waals surface area contributed by atoms with Crippen LogP contribution in [0, 0.1) is 0 Å². The van der Waals surface area contributed by atoms with Gasteiger partial charge in [-0.05, 0) is 0 Å². The third-order valence-electron chi connectivity index (χ3n) is 0. The molecule has 0 saturated heterocycles. The molecule has 0 aliphatic rings. The molecule has 0 rings (SSSR count). The minimum Gasteiger partial charge on any atom is -0.0776 e. The van der Waals surface area contributed by atoms with Gasteiger partial charge in [0.15, 0.2) is 0 Å². The van der Waals surface area contributed by atoms with Crippen molar-refractivity contribution in [1.29, 1.82) is 0 Å². The van der Waals surface area contributed by atoms with E-state index in [9.17, 15) is 0 Å². The van der Waals surface area contributed by atoms with E-state index in [1.807, 2.05) is 83.1 Å². The monoisotopic (exact) mass is 276 g/mol. The zero-order valence-electron chi connectivity index (χ0n) is 12.0. The summed E-state index contributed by atoms with van der Waals surface area (Å²) in [4.78, 5) is 0. The first-order valence-electron chi connectivity index (χ1n) is 6.00. The van der Waals surface area contributed by atoms with Crippen molar-refractivity contribution >= 4 is 0 Å². The van der Waals surface area contributed by atoms with Gasteiger partial charge in [0.1, 0.15) is 0 Å². The fraction of sp³-hybridized carbons (Fsp3) is 1.00. The molecule has 0 saturated carbocycles. The van der Waals surface area contributed by atoms with Crippen LogP contribution in [0.25, 0.3) is 0 Å². The van der Waals surface area contributed by atoms with E-state index < -0.39 is 0 Å². The summed E-state index contributed by atoms with van der Waals surface area (Å²) in [6, 6.07) is 0. The number of hydrogen-bond donors (Lipinski definition) is 0. The van der Waals surface area contributed by atoms with Gasteiger partial charge in [0.2, 0.25) is 0 Å². The summed E-state index contributed by atoms with van der Waals surface area (Å²) in [5, 5.41) is 0. The fourth-order valence-corrected chi connectivity index (χ4v) is 0. The standard InChI is InChI=1S/6C2H6.6CH4/c6*1-2;;;;;;/h6*1-2H3;6*1H4. The molecular weight excluding hydrogens is 216 g/mol. The van der Waals surface area contributed by atoms with Gasteiger partial charge in [-0.2, -0.15) is 0 Å². The molecule has 132 valence electrons. The summed E-state index contributed by atoms with van der Waals surface area (Å²) < 4.78 is 0. The molecule has 0 fully saturated rings. The van der Waals surface area contributed by atoms with Gasteiger partial charge in [-0.3, -0.25) is 0 Å². The molecule has 0 amide bonds. The van der Waals surface area contributed by atoms with Crippen molar-refractivity contribution in [3.05, 3.63) is 0 Å². The lowest BCUT2D eigenvalue weighted by Crippen LogP contribution is -0.856. The number of rotatable bonds is 0. The first-order valence-corrected chi connectivity index (χ1v) is 6.00. The molecular formula is C18H60. The Bertz CT molecular complexity index is 0. The molecule has 0 heterocycles. The van der Waals surface area contributed by atoms with E-state index >= 15 is 0 Å². The summed E-state index contributed by atoms with van der Waals surface area (Å²) >= 11 is 0. The Balaban J connectivity index is -0.00000000225. The second-order valence-corrected chi connectivity index (χ2v) is 0. The maximum atomic E-state index is 2.00. The van der Waals surface area contributed by atoms with Gasteiger partial charge in [-0.15, -0.1) is 0 Å². The van der Waals surface area contributed by atoms with Crippen molar-refractivity contribution in [2.24, 2.45) is 0 Å². The third kappa shape index (κ3) is 0. The zero-order chi connectivity index (χ0) is 12.0. The summed E-state index contributed by atoms with van der Waals surface area (Å²) in [6.07, 6.45) is 0. The third-order valence-corrected chi connectivity index (χ3v) is 0. The topological polar surface area (TPSA) is 0 Å². The van der Waals surface area contributed by atoms with Crippen LogP contribution in [-0.2, 0) is 0 Å². The van der Waals surface area contributed by atoms with Gasteiger partial charge in [-0.1, -0.05) is 128 Å². The smallest absolute Gasteiger partial charge is 0.0683 e. The van der Waals surface area contributed by atoms with E-state index in [1.165, 1.54) is 0 Å². The van der Waals surface area contributed by atoms with Crippen molar-refractivity contribution in [3.63, 3.8) is 0 Å². The van der Waals surface area contributed by atoms with Crippen LogP contribution in [0.1, 0.15) is 128 Å². The Labute approximate surface area is 128 Å². The highest BCUT2D eigenvalue weighted by Gasteiger charge is 0.942. The molecule has 0 nitrogen and oxygen atoms in total. The highest BCUT2D eigenvalue weighted by atomic mass is 13.0. The fourth-order valence-electron chi connectivity index (χ4n) is 0. The van der Waals surface area contributed by atoms with Gasteiger partial charge in [-0.25, -0.2) is 0 Å². The number of hydrogen-bond acceptors (Lipinski definition) is 0. The van der Waals surface area contributed by atoms with Crippen LogP contribution in [0.3, 0.4) is 0 Å². The van der Waals surface area contributed by atoms with Crippen LogP contribution in [0.15, 0.2) is 0 Å². The van der Waals surface area contributed by atoms with E-state index in [0.717, 1.165) is 0 Å². The van der Waals surface area contributed by atoms with Crippen molar-refractivity contribution in [2.45, 2.75) is 128 Å². The maximum Gasteiger partial charge on any atom is -0.0683 e. The molecule has 0 heteroatoms. The summed E-state index contributed by atoms with van der Waals surface area (Å²) in [5.74, 6) is 0. The van der Waals surface area contributed by atoms with E-state index in [0.29, 0.717) is 0 Å². The molecule has 18 heavy (non-hydrogen) atoms. The summed E-state index contributed by atoms with van der Waals surface area (Å²) in [5.41, 5.74) is 0. The lowest BCUT2D eigenvalue weighted by Gasteiger charge is -1.07. The average Bonchev–Trinajstić information content (AvgIpc) is 2.33. The van der Waals surface area contributed by atoms with Crippen LogP contribution in [-0.4, -0.2) is 0 Å². The highest BCUT2D eigenvalue weighted by Crippen LogP contribution is 1.15. The predicted octanol–water partition coefficient (Wildman–Crippen LogP) is 9.97. The molecule has 0 radical (unpaired) electrons. The van der Waals surface area contributed by atoms with Crippen LogP contribution in [0.4, 0.5) is 0 Å². The van der Waals surface area contributed by atoms with Gasteiger partial charge in [0, 0.05) is 0 Å². The van der Waals surface area contributed by atoms with Crippen LogP contribution in [0.5, 0.6) is 0 Å². The molecule has 0 bridgehead atoms. The Hall–Kier alpha value is 0. The molecule has 0 aliphatic heterocycles. The Morgan fingerprint density at radius 3 is 0.167 bits per heavy atom. The summed E-state index contributed by atoms with van der Waals surface area (Å²) in [7, 11) is 0. The molecule has 0 atom stereocenters. The predicted molar refractivity (Wildman–Crippen MR) is 108 cm³/mol. The average molecular weight is 277 g/mol. The van der Waals surface area contributed by atoms with E-state index in [4.69, 9.17) is 0 Å². The molecule has 0 aromatic rings.